The van der Waals surface area contributed by atoms with E-state index in [-0.39, 0.29) is 5.56 Å². The van der Waals surface area contributed by atoms with Crippen LogP contribution in [0.25, 0.3) is 16.5 Å². The van der Waals surface area contributed by atoms with E-state index in [2.05, 4.69) is 91.6 Å². The SMILES string of the molecule is Cc1[nH]n(-c2ccccc2)c(=O)c1C.Cc1ccc2ccc(O)c(C)c2c1.Cc1cccc([N+](C)(C)CCl)c1.Cc1n(C)cc[n+]1C. The van der Waals surface area contributed by atoms with Gasteiger partial charge in [0.2, 0.25) is 0 Å². The normalized spacial score (nSPS) is 10.7. The number of hydrogen-bond acceptors (Lipinski definition) is 2. The van der Waals surface area contributed by atoms with Gasteiger partial charge >= 0.3 is 0 Å². The molecule has 0 atom stereocenters. The second-order valence-electron chi connectivity index (χ2n) is 12.5. The first-order chi connectivity index (χ1) is 22.2. The summed E-state index contributed by atoms with van der Waals surface area (Å²) in [6.45, 7) is 11.9. The Morgan fingerprint density at radius 2 is 1.47 bits per heavy atom. The van der Waals surface area contributed by atoms with Gasteiger partial charge in [0.05, 0.1) is 33.9 Å². The van der Waals surface area contributed by atoms with Crippen molar-refractivity contribution in [3.8, 4) is 11.4 Å². The van der Waals surface area contributed by atoms with Crippen LogP contribution in [0.4, 0.5) is 5.69 Å². The van der Waals surface area contributed by atoms with Gasteiger partial charge in [-0.25, -0.2) is 13.8 Å². The molecule has 6 aromatic rings. The Balaban J connectivity index is 0.000000173. The van der Waals surface area contributed by atoms with Crippen LogP contribution in [0.3, 0.4) is 0 Å². The van der Waals surface area contributed by atoms with Crippen molar-refractivity contribution in [2.75, 3.05) is 20.1 Å². The number of rotatable bonds is 3. The lowest BCUT2D eigenvalue weighted by atomic mass is 10.0. The molecule has 248 valence electrons. The number of aromatic nitrogens is 4. The van der Waals surface area contributed by atoms with E-state index in [0.717, 1.165) is 32.4 Å². The molecular weight excluding hydrogens is 606 g/mol. The van der Waals surface area contributed by atoms with Gasteiger partial charge in [-0.05, 0) is 80.8 Å². The molecule has 0 fully saturated rings. The van der Waals surface area contributed by atoms with Crippen LogP contribution in [0.15, 0.2) is 102 Å². The molecular formula is C39H50ClN5O2+2. The predicted molar refractivity (Wildman–Crippen MR) is 198 cm³/mol. The number of nitrogens with one attached hydrogen (secondary N) is 1. The summed E-state index contributed by atoms with van der Waals surface area (Å²) in [5.41, 5.74) is 7.30. The molecule has 0 bridgehead atoms. The van der Waals surface area contributed by atoms with Crippen molar-refractivity contribution in [1.82, 2.24) is 18.8 Å². The van der Waals surface area contributed by atoms with Crippen LogP contribution in [-0.2, 0) is 14.1 Å². The number of fused-ring (bicyclic) bond motifs is 1. The molecule has 0 saturated carbocycles. The van der Waals surface area contributed by atoms with Crippen molar-refractivity contribution < 1.29 is 9.67 Å². The number of para-hydroxylation sites is 1. The fourth-order valence-corrected chi connectivity index (χ4v) is 4.84. The number of aryl methyl sites for hydroxylation is 6. The van der Waals surface area contributed by atoms with Gasteiger partial charge in [0.25, 0.3) is 11.4 Å². The predicted octanol–water partition coefficient (Wildman–Crippen LogP) is 7.86. The Hall–Kier alpha value is -4.59. The zero-order valence-corrected chi connectivity index (χ0v) is 30.2. The summed E-state index contributed by atoms with van der Waals surface area (Å²) in [5, 5.41) is 14.9. The van der Waals surface area contributed by atoms with E-state index in [9.17, 15) is 9.90 Å². The van der Waals surface area contributed by atoms with Crippen molar-refractivity contribution in [3.05, 3.63) is 141 Å². The molecule has 0 spiro atoms. The number of quaternary nitrogens is 1. The standard InChI is InChI=1S/C12H12O.C11H12N2O.C10H15ClN.C6H11N2/c1-8-3-4-10-5-6-12(13)9(2)11(10)7-8;1-8-9(2)12-13(11(8)14)10-6-4-3-5-7-10;1-9-5-4-6-10(7-9)12(2,3)8-11;1-6-7(2)4-5-8(6)3/h3-7,13H,1-2H3;3-7,12H,1-2H3;4-7H,8H2,1-3H3;4-5H,1-3H3/q;;2*+1. The van der Waals surface area contributed by atoms with Gasteiger partial charge in [-0.15, -0.1) is 0 Å². The van der Waals surface area contributed by atoms with Crippen LogP contribution >= 0.6 is 11.6 Å². The van der Waals surface area contributed by atoms with Gasteiger partial charge in [-0.2, -0.15) is 0 Å². The molecule has 0 amide bonds. The number of phenols is 1. The molecule has 0 radical (unpaired) electrons. The molecule has 0 unspecified atom stereocenters. The van der Waals surface area contributed by atoms with Crippen LogP contribution in [0.2, 0.25) is 0 Å². The lowest BCUT2D eigenvalue weighted by Crippen LogP contribution is -2.38. The fraction of sp³-hybridized carbons (Fsp3) is 0.282. The van der Waals surface area contributed by atoms with Gasteiger partial charge in [0, 0.05) is 24.2 Å². The van der Waals surface area contributed by atoms with E-state index >= 15 is 0 Å². The smallest absolute Gasteiger partial charge is 0.274 e. The number of H-pyrrole nitrogens is 1. The van der Waals surface area contributed by atoms with E-state index in [1.807, 2.05) is 83.7 Å². The van der Waals surface area contributed by atoms with E-state index < -0.39 is 0 Å². The number of benzene rings is 4. The van der Waals surface area contributed by atoms with Crippen LogP contribution in [-0.4, -0.2) is 39.6 Å². The second kappa shape index (κ2) is 16.3. The lowest BCUT2D eigenvalue weighted by Gasteiger charge is -2.26. The maximum atomic E-state index is 11.7. The first-order valence-corrected chi connectivity index (χ1v) is 16.2. The first kappa shape index (κ1) is 36.9. The van der Waals surface area contributed by atoms with Gasteiger partial charge in [-0.3, -0.25) is 14.4 Å². The third-order valence-electron chi connectivity index (χ3n) is 8.33. The third kappa shape index (κ3) is 9.70. The van der Waals surface area contributed by atoms with Gasteiger partial charge in [0.1, 0.15) is 23.8 Å². The van der Waals surface area contributed by atoms with Crippen molar-refractivity contribution in [2.24, 2.45) is 14.1 Å². The fourth-order valence-electron chi connectivity index (χ4n) is 4.70. The molecule has 8 heteroatoms. The van der Waals surface area contributed by atoms with Crippen LogP contribution in [0.5, 0.6) is 5.75 Å². The first-order valence-electron chi connectivity index (χ1n) is 15.6. The Kier molecular flexibility index (Phi) is 12.8. The highest BCUT2D eigenvalue weighted by atomic mass is 35.5. The van der Waals surface area contributed by atoms with Crippen molar-refractivity contribution in [2.45, 2.75) is 41.5 Å². The maximum absolute atomic E-state index is 11.7. The summed E-state index contributed by atoms with van der Waals surface area (Å²) in [5.74, 6) is 1.64. The number of halogens is 1. The van der Waals surface area contributed by atoms with E-state index in [4.69, 9.17) is 11.6 Å². The van der Waals surface area contributed by atoms with Crippen molar-refractivity contribution in [3.63, 3.8) is 0 Å². The second-order valence-corrected chi connectivity index (χ2v) is 12.7. The molecule has 4 aromatic carbocycles. The Morgan fingerprint density at radius 3 is 1.98 bits per heavy atom. The van der Waals surface area contributed by atoms with E-state index in [1.54, 1.807) is 10.7 Å². The quantitative estimate of drug-likeness (QED) is 0.0882. The van der Waals surface area contributed by atoms with Crippen LogP contribution in [0, 0.1) is 41.5 Å². The summed E-state index contributed by atoms with van der Waals surface area (Å²) in [6.07, 6.45) is 4.07. The molecule has 0 aliphatic rings. The molecule has 0 aliphatic carbocycles. The van der Waals surface area contributed by atoms with Crippen LogP contribution < -0.4 is 14.6 Å². The zero-order valence-electron chi connectivity index (χ0n) is 29.5. The Labute approximate surface area is 284 Å². The molecule has 47 heavy (non-hydrogen) atoms. The molecule has 7 nitrogen and oxygen atoms in total. The number of hydrogen-bond donors (Lipinski definition) is 2. The molecule has 6 rings (SSSR count). The Bertz CT molecular complexity index is 1940. The highest BCUT2D eigenvalue weighted by molar-refractivity contribution is 6.18. The third-order valence-corrected chi connectivity index (χ3v) is 8.93. The molecule has 2 N–H and O–H groups in total. The maximum Gasteiger partial charge on any atom is 0.274 e. The minimum Gasteiger partial charge on any atom is -0.508 e. The minimum atomic E-state index is 0.0219. The van der Waals surface area contributed by atoms with E-state index in [0.29, 0.717) is 11.8 Å². The number of aromatic amines is 1. The number of nitrogens with zero attached hydrogens (tertiary/aromatic N) is 4. The lowest BCUT2D eigenvalue weighted by molar-refractivity contribution is -0.677. The number of phenolic OH excluding ortho intramolecular Hbond substituents is 1. The van der Waals surface area contributed by atoms with Gasteiger partial charge < -0.3 is 5.11 Å². The number of alkyl halides is 1. The van der Waals surface area contributed by atoms with Crippen LogP contribution in [0.1, 0.15) is 33.8 Å². The topological polar surface area (TPSA) is 66.8 Å². The summed E-state index contributed by atoms with van der Waals surface area (Å²) < 4.78 is 6.45. The highest BCUT2D eigenvalue weighted by Gasteiger charge is 2.16. The monoisotopic (exact) mass is 655 g/mol. The van der Waals surface area contributed by atoms with Crippen molar-refractivity contribution >= 4 is 28.1 Å². The van der Waals surface area contributed by atoms with Crippen molar-refractivity contribution in [1.29, 1.82) is 0 Å². The zero-order chi connectivity index (χ0) is 34.9. The van der Waals surface area contributed by atoms with Gasteiger partial charge in [0.15, 0.2) is 6.00 Å². The minimum absolute atomic E-state index is 0.0219. The largest absolute Gasteiger partial charge is 0.508 e. The number of aromatic hydroxyl groups is 1. The average Bonchev–Trinajstić information content (AvgIpc) is 3.50. The molecule has 0 saturated heterocycles. The Morgan fingerprint density at radius 1 is 0.830 bits per heavy atom. The number of imidazole rings is 1. The highest BCUT2D eigenvalue weighted by Crippen LogP contribution is 2.26. The molecule has 2 heterocycles. The summed E-state index contributed by atoms with van der Waals surface area (Å²) >= 11 is 5.85. The van der Waals surface area contributed by atoms with Gasteiger partial charge in [-0.1, -0.05) is 71.8 Å². The molecule has 0 aliphatic heterocycles. The summed E-state index contributed by atoms with van der Waals surface area (Å²) in [7, 11) is 8.27. The summed E-state index contributed by atoms with van der Waals surface area (Å²) in [6, 6.07) is 28.5. The molecule has 2 aromatic heterocycles. The van der Waals surface area contributed by atoms with E-state index in [1.165, 1.54) is 28.0 Å². The summed E-state index contributed by atoms with van der Waals surface area (Å²) in [4.78, 5) is 11.7. The average molecular weight is 656 g/mol.